The zero-order valence-corrected chi connectivity index (χ0v) is 30.7. The normalized spacial score (nSPS) is 11.3. The van der Waals surface area contributed by atoms with Gasteiger partial charge in [0.2, 0.25) is 0 Å². The summed E-state index contributed by atoms with van der Waals surface area (Å²) in [5, 5.41) is 2.57. The molecule has 10 aromatic rings. The molecular weight excluding hydrogens is 685 g/mol. The van der Waals surface area contributed by atoms with Crippen LogP contribution in [0, 0.1) is 0 Å². The van der Waals surface area contributed by atoms with E-state index >= 15 is 0 Å². The van der Waals surface area contributed by atoms with Gasteiger partial charge in [0.05, 0.1) is 11.4 Å². The minimum Gasteiger partial charge on any atom is -0.228 e. The van der Waals surface area contributed by atoms with E-state index in [2.05, 4.69) is 200 Å². The summed E-state index contributed by atoms with van der Waals surface area (Å²) in [6, 6.07) is 73.4. The molecule has 0 unspecified atom stereocenters. The Bertz CT molecular complexity index is 2970. The summed E-state index contributed by atoms with van der Waals surface area (Å²) in [6.45, 7) is 0. The third-order valence-corrected chi connectivity index (χ3v) is 11.4. The van der Waals surface area contributed by atoms with Crippen molar-refractivity contribution in [2.24, 2.45) is 0 Å². The first-order valence-electron chi connectivity index (χ1n) is 18.6. The van der Waals surface area contributed by atoms with Crippen molar-refractivity contribution in [3.05, 3.63) is 206 Å². The average molecular weight is 719 g/mol. The summed E-state index contributed by atoms with van der Waals surface area (Å²) >= 11 is 1.85. The number of nitrogens with zero attached hydrogens (tertiary/aromatic N) is 2. The third kappa shape index (κ3) is 6.31. The van der Waals surface area contributed by atoms with Gasteiger partial charge in [0.15, 0.2) is 5.82 Å². The second kappa shape index (κ2) is 14.1. The molecule has 2 aromatic heterocycles. The largest absolute Gasteiger partial charge is 0.228 e. The van der Waals surface area contributed by atoms with Crippen molar-refractivity contribution >= 4 is 31.5 Å². The molecule has 0 N–H and O–H groups in total. The Kier molecular flexibility index (Phi) is 8.40. The summed E-state index contributed by atoms with van der Waals surface area (Å²) in [5.74, 6) is 0.694. The summed E-state index contributed by atoms with van der Waals surface area (Å²) in [4.78, 5) is 10.7. The first kappa shape index (κ1) is 32.7. The van der Waals surface area contributed by atoms with Crippen LogP contribution in [0.15, 0.2) is 206 Å². The lowest BCUT2D eigenvalue weighted by molar-refractivity contribution is 1.18. The fraction of sp³-hybridized carbons (Fsp3) is 0. The predicted octanol–water partition coefficient (Wildman–Crippen LogP) is 14.5. The van der Waals surface area contributed by atoms with Crippen LogP contribution in [0.3, 0.4) is 0 Å². The maximum Gasteiger partial charge on any atom is 0.161 e. The fourth-order valence-corrected chi connectivity index (χ4v) is 8.77. The van der Waals surface area contributed by atoms with Gasteiger partial charge in [-0.2, -0.15) is 0 Å². The van der Waals surface area contributed by atoms with E-state index in [4.69, 9.17) is 9.97 Å². The molecule has 10 rings (SSSR count). The van der Waals surface area contributed by atoms with E-state index in [1.807, 2.05) is 17.4 Å². The summed E-state index contributed by atoms with van der Waals surface area (Å²) in [7, 11) is 0. The maximum atomic E-state index is 5.41. The van der Waals surface area contributed by atoms with Gasteiger partial charge >= 0.3 is 0 Å². The molecule has 8 aromatic carbocycles. The van der Waals surface area contributed by atoms with Crippen molar-refractivity contribution < 1.29 is 0 Å². The van der Waals surface area contributed by atoms with Gasteiger partial charge in [0.1, 0.15) is 0 Å². The SMILES string of the molecule is c1ccc(-c2cccc(-c3cc(-c4cc(-c5ccccc5)nc(-c5ccccc5-c5ccccc5)n4)cc(-c4cccc5sc6ccccc6c45)c3)c2)cc1. The molecule has 3 heteroatoms. The zero-order chi connectivity index (χ0) is 36.6. The second-order valence-corrected chi connectivity index (χ2v) is 14.8. The summed E-state index contributed by atoms with van der Waals surface area (Å²) < 4.78 is 2.58. The number of benzene rings is 8. The lowest BCUT2D eigenvalue weighted by Crippen LogP contribution is -1.98. The van der Waals surface area contributed by atoms with E-state index in [1.54, 1.807) is 0 Å². The molecule has 0 radical (unpaired) electrons. The predicted molar refractivity (Wildman–Crippen MR) is 233 cm³/mol. The van der Waals surface area contributed by atoms with Gasteiger partial charge in [-0.15, -0.1) is 11.3 Å². The van der Waals surface area contributed by atoms with Crippen LogP contribution in [0.25, 0.3) is 98.6 Å². The quantitative estimate of drug-likeness (QED) is 0.164. The number of aromatic nitrogens is 2. The molecular formula is C52H34N2S. The highest BCUT2D eigenvalue weighted by Gasteiger charge is 2.18. The summed E-state index contributed by atoms with van der Waals surface area (Å²) in [5.41, 5.74) is 14.1. The van der Waals surface area contributed by atoms with E-state index < -0.39 is 0 Å². The van der Waals surface area contributed by atoms with Crippen molar-refractivity contribution in [2.45, 2.75) is 0 Å². The van der Waals surface area contributed by atoms with Crippen LogP contribution in [0.4, 0.5) is 0 Å². The molecule has 55 heavy (non-hydrogen) atoms. The van der Waals surface area contributed by atoms with E-state index in [1.165, 1.54) is 36.9 Å². The van der Waals surface area contributed by atoms with E-state index in [9.17, 15) is 0 Å². The number of hydrogen-bond donors (Lipinski definition) is 0. The minimum atomic E-state index is 0.694. The highest BCUT2D eigenvalue weighted by molar-refractivity contribution is 7.25. The van der Waals surface area contributed by atoms with E-state index in [-0.39, 0.29) is 0 Å². The highest BCUT2D eigenvalue weighted by atomic mass is 32.1. The number of rotatable bonds is 7. The lowest BCUT2D eigenvalue weighted by atomic mass is 9.91. The van der Waals surface area contributed by atoms with Crippen LogP contribution in [-0.2, 0) is 0 Å². The summed E-state index contributed by atoms with van der Waals surface area (Å²) in [6.07, 6.45) is 0. The van der Waals surface area contributed by atoms with Gasteiger partial charge < -0.3 is 0 Å². The van der Waals surface area contributed by atoms with Crippen molar-refractivity contribution in [3.8, 4) is 78.4 Å². The Hall–Kier alpha value is -6.94. The van der Waals surface area contributed by atoms with E-state index in [0.717, 1.165) is 55.9 Å². The molecule has 0 aliphatic heterocycles. The second-order valence-electron chi connectivity index (χ2n) is 13.8. The Labute approximate surface area is 324 Å². The standard InChI is InChI=1S/C52H34N2S/c1-4-16-35(17-5-1)38-22-14-23-39(30-38)40-31-41(44-27-15-29-50-51(44)46-26-12-13-28-49(46)55-50)33-42(32-40)48-34-47(37-20-8-3-9-21-37)53-52(54-48)45-25-11-10-24-43(45)36-18-6-2-7-19-36/h1-34H. The highest BCUT2D eigenvalue weighted by Crippen LogP contribution is 2.43. The van der Waals surface area contributed by atoms with Crippen molar-refractivity contribution in [2.75, 3.05) is 0 Å². The Balaban J connectivity index is 1.23. The van der Waals surface area contributed by atoms with Crippen LogP contribution in [-0.4, -0.2) is 9.97 Å². The van der Waals surface area contributed by atoms with Crippen molar-refractivity contribution in [3.63, 3.8) is 0 Å². The van der Waals surface area contributed by atoms with Crippen LogP contribution < -0.4 is 0 Å². The number of hydrogen-bond acceptors (Lipinski definition) is 3. The van der Waals surface area contributed by atoms with Crippen molar-refractivity contribution in [1.29, 1.82) is 0 Å². The smallest absolute Gasteiger partial charge is 0.161 e. The molecule has 0 bridgehead atoms. The van der Waals surface area contributed by atoms with Gasteiger partial charge in [-0.25, -0.2) is 9.97 Å². The van der Waals surface area contributed by atoms with Crippen LogP contribution in [0.5, 0.6) is 0 Å². The molecule has 0 amide bonds. The van der Waals surface area contributed by atoms with Gasteiger partial charge in [-0.1, -0.05) is 164 Å². The molecule has 0 fully saturated rings. The molecule has 258 valence electrons. The lowest BCUT2D eigenvalue weighted by Gasteiger charge is -2.15. The molecule has 0 saturated heterocycles. The number of thiophene rings is 1. The number of fused-ring (bicyclic) bond motifs is 3. The van der Waals surface area contributed by atoms with Gasteiger partial charge in [0.25, 0.3) is 0 Å². The molecule has 2 heterocycles. The van der Waals surface area contributed by atoms with Crippen molar-refractivity contribution in [1.82, 2.24) is 9.97 Å². The van der Waals surface area contributed by atoms with Gasteiger partial charge in [-0.05, 0) is 87.0 Å². The Morgan fingerprint density at radius 1 is 0.291 bits per heavy atom. The van der Waals surface area contributed by atoms with Crippen LogP contribution in [0.2, 0.25) is 0 Å². The minimum absolute atomic E-state index is 0.694. The molecule has 0 spiro atoms. The molecule has 0 aliphatic carbocycles. The third-order valence-electron chi connectivity index (χ3n) is 10.3. The Morgan fingerprint density at radius 3 is 1.55 bits per heavy atom. The zero-order valence-electron chi connectivity index (χ0n) is 29.9. The van der Waals surface area contributed by atoms with Crippen LogP contribution >= 0.6 is 11.3 Å². The molecule has 2 nitrogen and oxygen atoms in total. The van der Waals surface area contributed by atoms with Gasteiger partial charge in [-0.3, -0.25) is 0 Å². The van der Waals surface area contributed by atoms with E-state index in [0.29, 0.717) is 5.82 Å². The van der Waals surface area contributed by atoms with Gasteiger partial charge in [0, 0.05) is 36.9 Å². The first-order chi connectivity index (χ1) is 27.2. The molecule has 0 atom stereocenters. The maximum absolute atomic E-state index is 5.41. The molecule has 0 saturated carbocycles. The van der Waals surface area contributed by atoms with Crippen LogP contribution in [0.1, 0.15) is 0 Å². The fourth-order valence-electron chi connectivity index (χ4n) is 7.64. The Morgan fingerprint density at radius 2 is 0.782 bits per heavy atom. The average Bonchev–Trinajstić information content (AvgIpc) is 3.66. The first-order valence-corrected chi connectivity index (χ1v) is 19.4. The topological polar surface area (TPSA) is 25.8 Å². The molecule has 0 aliphatic rings. The monoisotopic (exact) mass is 718 g/mol.